The average molecular weight is 135 g/mol. The van der Waals surface area contributed by atoms with Gasteiger partial charge in [0.2, 0.25) is 0 Å². The fourth-order valence-electron chi connectivity index (χ4n) is 1.12. The monoisotopic (exact) mass is 135 g/mol. The van der Waals surface area contributed by atoms with Gasteiger partial charge in [-0.3, -0.25) is 0 Å². The first-order chi connectivity index (χ1) is 4.13. The van der Waals surface area contributed by atoms with Crippen LogP contribution < -0.4 is 5.73 Å². The van der Waals surface area contributed by atoms with Crippen molar-refractivity contribution in [3.8, 4) is 0 Å². The van der Waals surface area contributed by atoms with E-state index < -0.39 is 12.0 Å². The third kappa shape index (κ3) is 1.39. The van der Waals surface area contributed by atoms with Crippen molar-refractivity contribution in [1.29, 1.82) is 0 Å². The predicted octanol–water partition coefficient (Wildman–Crippen LogP) is 1.52. The van der Waals surface area contributed by atoms with Crippen LogP contribution in [0.3, 0.4) is 0 Å². The van der Waals surface area contributed by atoms with Crippen LogP contribution in [-0.4, -0.2) is 12.0 Å². The van der Waals surface area contributed by atoms with E-state index in [9.17, 15) is 8.78 Å². The van der Waals surface area contributed by atoms with E-state index in [2.05, 4.69) is 0 Å². The lowest BCUT2D eigenvalue weighted by atomic mass is 9.92. The lowest BCUT2D eigenvalue weighted by Crippen LogP contribution is -2.43. The van der Waals surface area contributed by atoms with E-state index >= 15 is 0 Å². The Hall–Kier alpha value is -0.180. The second kappa shape index (κ2) is 2.21. The zero-order chi connectivity index (χ0) is 6.91. The van der Waals surface area contributed by atoms with Gasteiger partial charge in [-0.15, -0.1) is 0 Å². The van der Waals surface area contributed by atoms with Gasteiger partial charge < -0.3 is 5.73 Å². The predicted molar refractivity (Wildman–Crippen MR) is 31.4 cm³/mol. The van der Waals surface area contributed by atoms with Gasteiger partial charge in [0.1, 0.15) is 0 Å². The largest absolute Gasteiger partial charge is 0.323 e. The number of halogens is 2. The highest BCUT2D eigenvalue weighted by Crippen LogP contribution is 2.31. The van der Waals surface area contributed by atoms with Crippen molar-refractivity contribution in [2.24, 2.45) is 5.73 Å². The summed E-state index contributed by atoms with van der Waals surface area (Å²) in [6, 6.07) is -0.883. The average Bonchev–Trinajstić information content (AvgIpc) is 1.77. The Morgan fingerprint density at radius 3 is 2.33 bits per heavy atom. The molecule has 1 rings (SSSR count). The maximum Gasteiger partial charge on any atom is 0.262 e. The van der Waals surface area contributed by atoms with Gasteiger partial charge in [0.05, 0.1) is 6.04 Å². The SMILES string of the molecule is NC1CCCCC1(F)F. The van der Waals surface area contributed by atoms with Crippen molar-refractivity contribution in [3.63, 3.8) is 0 Å². The van der Waals surface area contributed by atoms with Crippen molar-refractivity contribution < 1.29 is 8.78 Å². The van der Waals surface area contributed by atoms with Gasteiger partial charge in [0.15, 0.2) is 0 Å². The van der Waals surface area contributed by atoms with Crippen LogP contribution in [0.25, 0.3) is 0 Å². The van der Waals surface area contributed by atoms with Crippen LogP contribution in [0.15, 0.2) is 0 Å². The maximum atomic E-state index is 12.5. The lowest BCUT2D eigenvalue weighted by Gasteiger charge is -2.27. The molecule has 0 aromatic heterocycles. The van der Waals surface area contributed by atoms with Crippen molar-refractivity contribution in [2.45, 2.75) is 37.6 Å². The highest BCUT2D eigenvalue weighted by molar-refractivity contribution is 4.84. The molecule has 0 radical (unpaired) electrons. The lowest BCUT2D eigenvalue weighted by molar-refractivity contribution is -0.0514. The molecular weight excluding hydrogens is 124 g/mol. The molecule has 0 aliphatic heterocycles. The Balaban J connectivity index is 2.49. The van der Waals surface area contributed by atoms with Gasteiger partial charge in [-0.1, -0.05) is 6.42 Å². The molecule has 1 nitrogen and oxygen atoms in total. The van der Waals surface area contributed by atoms with E-state index in [1.165, 1.54) is 0 Å². The minimum Gasteiger partial charge on any atom is -0.323 e. The molecule has 1 atom stereocenters. The van der Waals surface area contributed by atoms with E-state index in [0.29, 0.717) is 12.8 Å². The van der Waals surface area contributed by atoms with Crippen LogP contribution in [-0.2, 0) is 0 Å². The number of hydrogen-bond donors (Lipinski definition) is 1. The summed E-state index contributed by atoms with van der Waals surface area (Å²) < 4.78 is 24.9. The second-order valence-electron chi connectivity index (χ2n) is 2.61. The molecule has 0 saturated heterocycles. The minimum absolute atomic E-state index is 0.0197. The minimum atomic E-state index is -2.59. The van der Waals surface area contributed by atoms with Gasteiger partial charge in [-0.05, 0) is 12.8 Å². The summed E-state index contributed by atoms with van der Waals surface area (Å²) in [7, 11) is 0. The maximum absolute atomic E-state index is 12.5. The summed E-state index contributed by atoms with van der Waals surface area (Å²) in [6.07, 6.45) is 1.94. The molecule has 0 heterocycles. The summed E-state index contributed by atoms with van der Waals surface area (Å²) in [6.45, 7) is 0. The van der Waals surface area contributed by atoms with E-state index in [0.717, 1.165) is 6.42 Å². The number of nitrogens with two attached hydrogens (primary N) is 1. The first kappa shape index (κ1) is 6.93. The quantitative estimate of drug-likeness (QED) is 0.535. The zero-order valence-corrected chi connectivity index (χ0v) is 5.24. The first-order valence-electron chi connectivity index (χ1n) is 3.26. The van der Waals surface area contributed by atoms with Crippen LogP contribution >= 0.6 is 0 Å². The Kier molecular flexibility index (Phi) is 1.70. The molecule has 0 aromatic carbocycles. The molecule has 1 aliphatic carbocycles. The summed E-state index contributed by atoms with van der Waals surface area (Å²) in [5.74, 6) is -2.59. The zero-order valence-electron chi connectivity index (χ0n) is 5.24. The van der Waals surface area contributed by atoms with E-state index in [1.54, 1.807) is 0 Å². The Labute approximate surface area is 53.2 Å². The summed E-state index contributed by atoms with van der Waals surface area (Å²) >= 11 is 0. The summed E-state index contributed by atoms with van der Waals surface area (Å²) in [4.78, 5) is 0. The summed E-state index contributed by atoms with van der Waals surface area (Å²) in [5.41, 5.74) is 5.16. The van der Waals surface area contributed by atoms with Gasteiger partial charge in [0.25, 0.3) is 5.92 Å². The van der Waals surface area contributed by atoms with Gasteiger partial charge in [-0.25, -0.2) is 8.78 Å². The third-order valence-electron chi connectivity index (χ3n) is 1.82. The number of rotatable bonds is 0. The van der Waals surface area contributed by atoms with Crippen LogP contribution in [0.5, 0.6) is 0 Å². The number of hydrogen-bond acceptors (Lipinski definition) is 1. The van der Waals surface area contributed by atoms with E-state index in [4.69, 9.17) is 5.73 Å². The fourth-order valence-corrected chi connectivity index (χ4v) is 1.12. The molecule has 1 saturated carbocycles. The third-order valence-corrected chi connectivity index (χ3v) is 1.82. The first-order valence-corrected chi connectivity index (χ1v) is 3.26. The molecule has 1 aliphatic rings. The van der Waals surface area contributed by atoms with Gasteiger partial charge in [-0.2, -0.15) is 0 Å². The molecule has 54 valence electrons. The normalized spacial score (nSPS) is 34.3. The molecule has 0 bridgehead atoms. The van der Waals surface area contributed by atoms with Crippen molar-refractivity contribution in [1.82, 2.24) is 0 Å². The van der Waals surface area contributed by atoms with Crippen LogP contribution in [0.1, 0.15) is 25.7 Å². The molecule has 3 heteroatoms. The molecule has 1 unspecified atom stereocenters. The molecule has 0 spiro atoms. The topological polar surface area (TPSA) is 26.0 Å². The number of alkyl halides is 2. The second-order valence-corrected chi connectivity index (χ2v) is 2.61. The molecular formula is C6H11F2N. The van der Waals surface area contributed by atoms with Gasteiger partial charge in [0, 0.05) is 6.42 Å². The molecule has 1 fully saturated rings. The summed E-state index contributed by atoms with van der Waals surface area (Å²) in [5, 5.41) is 0. The molecule has 9 heavy (non-hydrogen) atoms. The Bertz CT molecular complexity index is 103. The van der Waals surface area contributed by atoms with Crippen LogP contribution in [0, 0.1) is 0 Å². The molecule has 0 amide bonds. The van der Waals surface area contributed by atoms with Crippen molar-refractivity contribution in [3.05, 3.63) is 0 Å². The highest BCUT2D eigenvalue weighted by Gasteiger charge is 2.38. The van der Waals surface area contributed by atoms with Crippen LogP contribution in [0.4, 0.5) is 8.78 Å². The molecule has 2 N–H and O–H groups in total. The van der Waals surface area contributed by atoms with Gasteiger partial charge >= 0.3 is 0 Å². The van der Waals surface area contributed by atoms with Crippen LogP contribution in [0.2, 0.25) is 0 Å². The smallest absolute Gasteiger partial charge is 0.262 e. The van der Waals surface area contributed by atoms with Crippen molar-refractivity contribution in [2.75, 3.05) is 0 Å². The van der Waals surface area contributed by atoms with E-state index in [1.807, 2.05) is 0 Å². The Morgan fingerprint density at radius 1 is 1.33 bits per heavy atom. The Morgan fingerprint density at radius 2 is 2.00 bits per heavy atom. The van der Waals surface area contributed by atoms with Crippen molar-refractivity contribution >= 4 is 0 Å². The fraction of sp³-hybridized carbons (Fsp3) is 1.00. The molecule has 0 aromatic rings. The van der Waals surface area contributed by atoms with E-state index in [-0.39, 0.29) is 6.42 Å². The standard InChI is InChI=1S/C6H11F2N/c7-6(8)4-2-1-3-5(6)9/h5H,1-4,9H2. The highest BCUT2D eigenvalue weighted by atomic mass is 19.3.